The molecule has 5 heteroatoms. The minimum atomic E-state index is -0.389. The van der Waals surface area contributed by atoms with Crippen LogP contribution in [0.1, 0.15) is 16.7 Å². The molecule has 5 nitrogen and oxygen atoms in total. The Morgan fingerprint density at radius 2 is 1.64 bits per heavy atom. The standard InChI is InChI=1S/C20H21N3O2/c1-13-5-8-17(11-14(13)2)23-20(25)18(19(24)21-23)12-15-6-9-16(10-7-15)22(3)4/h5-12H,1-4H3,(H,21,24)/b18-12-. The molecule has 25 heavy (non-hydrogen) atoms. The van der Waals surface area contributed by atoms with E-state index in [4.69, 9.17) is 0 Å². The highest BCUT2D eigenvalue weighted by Gasteiger charge is 2.34. The normalized spacial score (nSPS) is 15.7. The van der Waals surface area contributed by atoms with Crippen molar-refractivity contribution in [1.82, 2.24) is 5.43 Å². The van der Waals surface area contributed by atoms with E-state index in [1.807, 2.05) is 75.3 Å². The maximum absolute atomic E-state index is 12.7. The molecule has 2 aromatic carbocycles. The van der Waals surface area contributed by atoms with Gasteiger partial charge < -0.3 is 4.90 Å². The molecule has 3 rings (SSSR count). The third-order valence-electron chi connectivity index (χ3n) is 4.36. The molecule has 1 N–H and O–H groups in total. The van der Waals surface area contributed by atoms with E-state index in [1.165, 1.54) is 5.01 Å². The van der Waals surface area contributed by atoms with E-state index in [-0.39, 0.29) is 17.4 Å². The summed E-state index contributed by atoms with van der Waals surface area (Å²) in [6, 6.07) is 13.3. The largest absolute Gasteiger partial charge is 0.378 e. The maximum Gasteiger partial charge on any atom is 0.282 e. The van der Waals surface area contributed by atoms with Gasteiger partial charge in [0, 0.05) is 19.8 Å². The van der Waals surface area contributed by atoms with Gasteiger partial charge in [0.25, 0.3) is 11.8 Å². The van der Waals surface area contributed by atoms with Crippen LogP contribution >= 0.6 is 0 Å². The van der Waals surface area contributed by atoms with Crippen LogP contribution in [0.25, 0.3) is 6.08 Å². The molecule has 0 radical (unpaired) electrons. The van der Waals surface area contributed by atoms with Crippen LogP contribution in [0.15, 0.2) is 48.0 Å². The molecule has 0 spiro atoms. The Morgan fingerprint density at radius 1 is 0.960 bits per heavy atom. The Kier molecular flexibility index (Phi) is 4.31. The summed E-state index contributed by atoms with van der Waals surface area (Å²) in [6.45, 7) is 3.98. The molecule has 128 valence electrons. The summed E-state index contributed by atoms with van der Waals surface area (Å²) < 4.78 is 0. The molecular formula is C20H21N3O2. The molecule has 1 aliphatic heterocycles. The highest BCUT2D eigenvalue weighted by molar-refractivity contribution is 6.31. The number of hydrogen-bond acceptors (Lipinski definition) is 3. The average molecular weight is 335 g/mol. The molecule has 0 saturated carbocycles. The molecule has 2 amide bonds. The molecule has 0 atom stereocenters. The molecule has 0 bridgehead atoms. The van der Waals surface area contributed by atoms with Gasteiger partial charge in [0.15, 0.2) is 0 Å². The number of hydrogen-bond donors (Lipinski definition) is 1. The fourth-order valence-corrected chi connectivity index (χ4v) is 2.64. The minimum absolute atomic E-state index is 0.135. The Morgan fingerprint density at radius 3 is 2.24 bits per heavy atom. The van der Waals surface area contributed by atoms with Gasteiger partial charge in [-0.2, -0.15) is 0 Å². The Hall–Kier alpha value is -3.08. The lowest BCUT2D eigenvalue weighted by molar-refractivity contribution is -0.117. The van der Waals surface area contributed by atoms with E-state index in [0.717, 1.165) is 22.4 Å². The predicted octanol–water partition coefficient (Wildman–Crippen LogP) is 2.83. The van der Waals surface area contributed by atoms with Gasteiger partial charge in [0.05, 0.1) is 5.69 Å². The molecule has 1 fully saturated rings. The van der Waals surface area contributed by atoms with Crippen molar-refractivity contribution in [2.75, 3.05) is 24.0 Å². The zero-order valence-corrected chi connectivity index (χ0v) is 14.8. The van der Waals surface area contributed by atoms with Gasteiger partial charge in [0.2, 0.25) is 0 Å². The molecule has 1 heterocycles. The number of nitrogens with zero attached hydrogens (tertiary/aromatic N) is 2. The van der Waals surface area contributed by atoms with Crippen LogP contribution in [0.3, 0.4) is 0 Å². The first-order valence-electron chi connectivity index (χ1n) is 8.08. The first kappa shape index (κ1) is 16.8. The van der Waals surface area contributed by atoms with Crippen molar-refractivity contribution in [3.63, 3.8) is 0 Å². The van der Waals surface area contributed by atoms with E-state index >= 15 is 0 Å². The second kappa shape index (κ2) is 6.43. The first-order chi connectivity index (χ1) is 11.9. The molecule has 0 aliphatic carbocycles. The monoisotopic (exact) mass is 335 g/mol. The quantitative estimate of drug-likeness (QED) is 0.693. The predicted molar refractivity (Wildman–Crippen MR) is 100 cm³/mol. The highest BCUT2D eigenvalue weighted by Crippen LogP contribution is 2.24. The SMILES string of the molecule is Cc1ccc(N2NC(=O)/C(=C/c3ccc(N(C)C)cc3)C2=O)cc1C. The van der Waals surface area contributed by atoms with Crippen molar-refractivity contribution in [1.29, 1.82) is 0 Å². The minimum Gasteiger partial charge on any atom is -0.378 e. The summed E-state index contributed by atoms with van der Waals surface area (Å²) in [5.74, 6) is -0.732. The van der Waals surface area contributed by atoms with Crippen molar-refractivity contribution in [3.05, 3.63) is 64.7 Å². The molecule has 1 saturated heterocycles. The first-order valence-corrected chi connectivity index (χ1v) is 8.08. The van der Waals surface area contributed by atoms with Gasteiger partial charge in [-0.3, -0.25) is 15.0 Å². The summed E-state index contributed by atoms with van der Waals surface area (Å²) in [7, 11) is 3.92. The molecule has 0 aromatic heterocycles. The second-order valence-electron chi connectivity index (χ2n) is 6.39. The number of nitrogens with one attached hydrogen (secondary N) is 1. The number of rotatable bonds is 3. The lowest BCUT2D eigenvalue weighted by Gasteiger charge is -2.16. The van der Waals surface area contributed by atoms with Gasteiger partial charge in [0.1, 0.15) is 5.57 Å². The smallest absolute Gasteiger partial charge is 0.282 e. The number of hydrazine groups is 1. The second-order valence-corrected chi connectivity index (χ2v) is 6.39. The summed E-state index contributed by atoms with van der Waals surface area (Å²) in [5, 5.41) is 1.30. The Balaban J connectivity index is 1.89. The van der Waals surface area contributed by atoms with Crippen LogP contribution in [0.5, 0.6) is 0 Å². The fourth-order valence-electron chi connectivity index (χ4n) is 2.64. The Bertz CT molecular complexity index is 867. The van der Waals surface area contributed by atoms with Crippen LogP contribution in [0.2, 0.25) is 0 Å². The summed E-state index contributed by atoms with van der Waals surface area (Å²) in [5.41, 5.74) is 7.50. The van der Waals surface area contributed by atoms with Crippen LogP contribution in [-0.4, -0.2) is 25.9 Å². The van der Waals surface area contributed by atoms with Crippen LogP contribution < -0.4 is 15.3 Å². The van der Waals surface area contributed by atoms with E-state index in [2.05, 4.69) is 5.43 Å². The third kappa shape index (κ3) is 3.26. The summed E-state index contributed by atoms with van der Waals surface area (Å²) in [4.78, 5) is 26.9. The topological polar surface area (TPSA) is 52.7 Å². The van der Waals surface area contributed by atoms with E-state index < -0.39 is 0 Å². The van der Waals surface area contributed by atoms with Crippen LogP contribution in [-0.2, 0) is 9.59 Å². The van der Waals surface area contributed by atoms with Crippen molar-refractivity contribution >= 4 is 29.3 Å². The van der Waals surface area contributed by atoms with Crippen LogP contribution in [0, 0.1) is 13.8 Å². The lowest BCUT2D eigenvalue weighted by Crippen LogP contribution is -2.35. The van der Waals surface area contributed by atoms with Crippen LogP contribution in [0.4, 0.5) is 11.4 Å². The average Bonchev–Trinajstić information content (AvgIpc) is 2.86. The third-order valence-corrected chi connectivity index (χ3v) is 4.36. The van der Waals surface area contributed by atoms with Crippen molar-refractivity contribution in [2.24, 2.45) is 0 Å². The van der Waals surface area contributed by atoms with E-state index in [1.54, 1.807) is 6.08 Å². The molecule has 0 unspecified atom stereocenters. The Labute approximate surface area is 147 Å². The van der Waals surface area contributed by atoms with E-state index in [0.29, 0.717) is 5.69 Å². The lowest BCUT2D eigenvalue weighted by atomic mass is 10.1. The van der Waals surface area contributed by atoms with Gasteiger partial charge in [-0.15, -0.1) is 0 Å². The molecular weight excluding hydrogens is 314 g/mol. The highest BCUT2D eigenvalue weighted by atomic mass is 16.2. The summed E-state index contributed by atoms with van der Waals surface area (Å²) >= 11 is 0. The number of amides is 2. The van der Waals surface area contributed by atoms with Crippen molar-refractivity contribution < 1.29 is 9.59 Å². The maximum atomic E-state index is 12.7. The number of anilines is 2. The zero-order chi connectivity index (χ0) is 18.1. The van der Waals surface area contributed by atoms with Gasteiger partial charge in [-0.05, 0) is 60.9 Å². The number of benzene rings is 2. The number of carbonyl (C=O) groups is 2. The van der Waals surface area contributed by atoms with Gasteiger partial charge >= 0.3 is 0 Å². The van der Waals surface area contributed by atoms with Crippen molar-refractivity contribution in [2.45, 2.75) is 13.8 Å². The molecule has 1 aliphatic rings. The molecule has 2 aromatic rings. The van der Waals surface area contributed by atoms with Gasteiger partial charge in [-0.1, -0.05) is 18.2 Å². The van der Waals surface area contributed by atoms with Gasteiger partial charge in [-0.25, -0.2) is 5.01 Å². The van der Waals surface area contributed by atoms with Crippen molar-refractivity contribution in [3.8, 4) is 0 Å². The van der Waals surface area contributed by atoms with E-state index in [9.17, 15) is 9.59 Å². The number of aryl methyl sites for hydroxylation is 2. The summed E-state index contributed by atoms with van der Waals surface area (Å²) in [6.07, 6.45) is 1.62. The fraction of sp³-hybridized carbons (Fsp3) is 0.200. The number of carbonyl (C=O) groups excluding carboxylic acids is 2. The zero-order valence-electron chi connectivity index (χ0n) is 14.8.